The van der Waals surface area contributed by atoms with Crippen molar-refractivity contribution < 1.29 is 22.7 Å². The van der Waals surface area contributed by atoms with Crippen LogP contribution in [0.4, 0.5) is 5.69 Å². The van der Waals surface area contributed by atoms with E-state index in [1.807, 2.05) is 74.5 Å². The Kier molecular flexibility index (Phi) is 10.6. The minimum Gasteiger partial charge on any atom is -0.495 e. The molecule has 0 spiro atoms. The molecule has 0 radical (unpaired) electrons. The highest BCUT2D eigenvalue weighted by atomic mass is 32.2. The first-order valence-corrected chi connectivity index (χ1v) is 15.5. The van der Waals surface area contributed by atoms with E-state index in [9.17, 15) is 18.0 Å². The molecule has 0 saturated carbocycles. The van der Waals surface area contributed by atoms with E-state index in [0.29, 0.717) is 5.75 Å². The van der Waals surface area contributed by atoms with Crippen molar-refractivity contribution in [2.75, 3.05) is 18.0 Å². The molecule has 0 aliphatic carbocycles. The second-order valence-corrected chi connectivity index (χ2v) is 12.2. The molecule has 0 aliphatic heterocycles. The van der Waals surface area contributed by atoms with Crippen LogP contribution in [0.1, 0.15) is 25.0 Å². The maximum absolute atomic E-state index is 14.4. The predicted octanol–water partition coefficient (Wildman–Crippen LogP) is 5.06. The Morgan fingerprint density at radius 2 is 1.30 bits per heavy atom. The third kappa shape index (κ3) is 8.02. The van der Waals surface area contributed by atoms with Crippen molar-refractivity contribution in [1.29, 1.82) is 0 Å². The lowest BCUT2D eigenvalue weighted by Crippen LogP contribution is -2.54. The van der Waals surface area contributed by atoms with Crippen molar-refractivity contribution in [2.45, 2.75) is 43.8 Å². The fourth-order valence-electron chi connectivity index (χ4n) is 4.78. The average molecular weight is 600 g/mol. The first kappa shape index (κ1) is 31.3. The number of hydrogen-bond donors (Lipinski definition) is 1. The summed E-state index contributed by atoms with van der Waals surface area (Å²) in [6, 6.07) is 32.3. The molecule has 1 unspecified atom stereocenters. The van der Waals surface area contributed by atoms with Gasteiger partial charge in [0, 0.05) is 19.0 Å². The van der Waals surface area contributed by atoms with Gasteiger partial charge < -0.3 is 15.0 Å². The Bertz CT molecular complexity index is 1600. The van der Waals surface area contributed by atoms with Gasteiger partial charge in [0.25, 0.3) is 10.0 Å². The van der Waals surface area contributed by atoms with Crippen molar-refractivity contribution in [3.8, 4) is 5.75 Å². The van der Waals surface area contributed by atoms with Gasteiger partial charge in [-0.3, -0.25) is 13.9 Å². The molecule has 4 aromatic carbocycles. The predicted molar refractivity (Wildman–Crippen MR) is 168 cm³/mol. The average Bonchev–Trinajstić information content (AvgIpc) is 3.02. The minimum atomic E-state index is -4.21. The number of rotatable bonds is 13. The number of hydrogen-bond acceptors (Lipinski definition) is 5. The molecule has 9 heteroatoms. The van der Waals surface area contributed by atoms with Crippen LogP contribution in [0.2, 0.25) is 0 Å². The Balaban J connectivity index is 1.81. The third-order valence-electron chi connectivity index (χ3n) is 6.86. The molecule has 0 heterocycles. The maximum Gasteiger partial charge on any atom is 0.264 e. The second-order valence-electron chi connectivity index (χ2n) is 10.4. The Labute approximate surface area is 254 Å². The van der Waals surface area contributed by atoms with E-state index in [1.165, 1.54) is 24.1 Å². The zero-order chi connectivity index (χ0) is 30.8. The van der Waals surface area contributed by atoms with Crippen LogP contribution in [0.25, 0.3) is 0 Å². The van der Waals surface area contributed by atoms with Crippen LogP contribution >= 0.6 is 0 Å². The third-order valence-corrected chi connectivity index (χ3v) is 8.64. The second kappa shape index (κ2) is 14.5. The summed E-state index contributed by atoms with van der Waals surface area (Å²) in [6.45, 7) is 3.27. The summed E-state index contributed by atoms with van der Waals surface area (Å²) in [5.41, 5.74) is 1.89. The van der Waals surface area contributed by atoms with Gasteiger partial charge in [-0.05, 0) is 49.2 Å². The molecule has 0 saturated heterocycles. The number of nitrogens with one attached hydrogen (secondary N) is 1. The Morgan fingerprint density at radius 3 is 1.88 bits per heavy atom. The van der Waals surface area contributed by atoms with Crippen molar-refractivity contribution in [3.63, 3.8) is 0 Å². The number of para-hydroxylation sites is 2. The van der Waals surface area contributed by atoms with Crippen molar-refractivity contribution in [1.82, 2.24) is 10.2 Å². The molecule has 1 N–H and O–H groups in total. The van der Waals surface area contributed by atoms with Crippen LogP contribution in [-0.4, -0.2) is 50.9 Å². The summed E-state index contributed by atoms with van der Waals surface area (Å²) in [5.74, 6) is -0.560. The van der Waals surface area contributed by atoms with Gasteiger partial charge in [-0.1, -0.05) is 91.0 Å². The lowest BCUT2D eigenvalue weighted by molar-refractivity contribution is -0.140. The summed E-state index contributed by atoms with van der Waals surface area (Å²) in [7, 11) is -2.76. The van der Waals surface area contributed by atoms with E-state index in [2.05, 4.69) is 5.32 Å². The van der Waals surface area contributed by atoms with Gasteiger partial charge in [-0.2, -0.15) is 0 Å². The van der Waals surface area contributed by atoms with E-state index in [4.69, 9.17) is 4.74 Å². The zero-order valence-corrected chi connectivity index (χ0v) is 25.4. The number of amides is 2. The fourth-order valence-corrected chi connectivity index (χ4v) is 6.23. The molecular weight excluding hydrogens is 562 g/mol. The molecule has 1 atom stereocenters. The number of carbonyl (C=O) groups is 2. The summed E-state index contributed by atoms with van der Waals surface area (Å²) < 4.78 is 34.7. The van der Waals surface area contributed by atoms with Crippen LogP contribution in [0, 0.1) is 0 Å². The van der Waals surface area contributed by atoms with E-state index in [-0.39, 0.29) is 35.5 Å². The molecule has 0 aromatic heterocycles. The first-order chi connectivity index (χ1) is 20.7. The van der Waals surface area contributed by atoms with Crippen molar-refractivity contribution in [2.24, 2.45) is 0 Å². The van der Waals surface area contributed by atoms with Gasteiger partial charge in [-0.15, -0.1) is 0 Å². The quantitative estimate of drug-likeness (QED) is 0.232. The molecule has 0 bridgehead atoms. The number of anilines is 1. The Hall–Kier alpha value is -4.63. The van der Waals surface area contributed by atoms with Gasteiger partial charge >= 0.3 is 0 Å². The number of benzene rings is 4. The molecule has 0 aliphatic rings. The van der Waals surface area contributed by atoms with Crippen LogP contribution in [0.3, 0.4) is 0 Å². The topological polar surface area (TPSA) is 96.0 Å². The molecule has 4 rings (SSSR count). The summed E-state index contributed by atoms with van der Waals surface area (Å²) in [4.78, 5) is 29.6. The van der Waals surface area contributed by atoms with Crippen LogP contribution in [0.5, 0.6) is 5.75 Å². The zero-order valence-electron chi connectivity index (χ0n) is 24.6. The smallest absolute Gasteiger partial charge is 0.264 e. The molecule has 224 valence electrons. The SMILES string of the molecule is COc1ccccc1N(CC(=O)N(Cc1ccccc1)C(Cc1ccccc1)C(=O)NC(C)C)S(=O)(=O)c1ccccc1. The summed E-state index contributed by atoms with van der Waals surface area (Å²) in [5, 5.41) is 2.96. The van der Waals surface area contributed by atoms with E-state index >= 15 is 0 Å². The monoisotopic (exact) mass is 599 g/mol. The van der Waals surface area contributed by atoms with Gasteiger partial charge in [0.1, 0.15) is 18.3 Å². The number of nitrogens with zero attached hydrogens (tertiary/aromatic N) is 2. The maximum atomic E-state index is 14.4. The largest absolute Gasteiger partial charge is 0.495 e. The normalized spacial score (nSPS) is 11.9. The van der Waals surface area contributed by atoms with Crippen molar-refractivity contribution >= 4 is 27.5 Å². The van der Waals surface area contributed by atoms with E-state index in [0.717, 1.165) is 15.4 Å². The molecular formula is C34H37N3O5S. The van der Waals surface area contributed by atoms with Crippen LogP contribution in [0.15, 0.2) is 120 Å². The number of carbonyl (C=O) groups excluding carboxylic acids is 2. The number of ether oxygens (including phenoxy) is 1. The summed E-state index contributed by atoms with van der Waals surface area (Å²) >= 11 is 0. The van der Waals surface area contributed by atoms with Gasteiger partial charge in [-0.25, -0.2) is 8.42 Å². The van der Waals surface area contributed by atoms with Gasteiger partial charge in [0.15, 0.2) is 0 Å². The fraction of sp³-hybridized carbons (Fsp3) is 0.235. The van der Waals surface area contributed by atoms with Crippen LogP contribution in [-0.2, 0) is 32.6 Å². The van der Waals surface area contributed by atoms with Gasteiger partial charge in [0.2, 0.25) is 11.8 Å². The van der Waals surface area contributed by atoms with Crippen LogP contribution < -0.4 is 14.4 Å². The summed E-state index contributed by atoms with van der Waals surface area (Å²) in [6.07, 6.45) is 0.248. The lowest BCUT2D eigenvalue weighted by atomic mass is 10.0. The Morgan fingerprint density at radius 1 is 0.767 bits per heavy atom. The highest BCUT2D eigenvalue weighted by Gasteiger charge is 2.35. The van der Waals surface area contributed by atoms with E-state index < -0.39 is 28.5 Å². The number of sulfonamides is 1. The molecule has 43 heavy (non-hydrogen) atoms. The molecule has 0 fully saturated rings. The minimum absolute atomic E-state index is 0.0294. The lowest BCUT2D eigenvalue weighted by Gasteiger charge is -2.34. The molecule has 4 aromatic rings. The highest BCUT2D eigenvalue weighted by Crippen LogP contribution is 2.32. The van der Waals surface area contributed by atoms with Crippen molar-refractivity contribution in [3.05, 3.63) is 126 Å². The first-order valence-electron chi connectivity index (χ1n) is 14.1. The van der Waals surface area contributed by atoms with E-state index in [1.54, 1.807) is 42.5 Å². The molecule has 2 amide bonds. The van der Waals surface area contributed by atoms with Gasteiger partial charge in [0.05, 0.1) is 17.7 Å². The molecule has 8 nitrogen and oxygen atoms in total. The highest BCUT2D eigenvalue weighted by molar-refractivity contribution is 7.92. The standard InChI is InChI=1S/C34H37N3O5S/c1-26(2)35-34(39)31(23-27-15-7-4-8-16-27)36(24-28-17-9-5-10-18-28)33(38)25-37(30-21-13-14-22-32(30)42-3)43(40,41)29-19-11-6-12-20-29/h4-22,26,31H,23-25H2,1-3H3,(H,35,39). The number of methoxy groups -OCH3 is 1.